The van der Waals surface area contributed by atoms with Gasteiger partial charge < -0.3 is 5.32 Å². The molecule has 0 fully saturated rings. The van der Waals surface area contributed by atoms with Crippen molar-refractivity contribution >= 4 is 33.8 Å². The highest BCUT2D eigenvalue weighted by atomic mass is 35.5. The molecule has 80 valence electrons. The van der Waals surface area contributed by atoms with Gasteiger partial charge in [-0.2, -0.15) is 8.42 Å². The molecule has 0 saturated heterocycles. The molecule has 2 amide bonds. The van der Waals surface area contributed by atoms with E-state index in [1.807, 2.05) is 0 Å². The van der Waals surface area contributed by atoms with Crippen molar-refractivity contribution in [2.45, 2.75) is 6.92 Å². The van der Waals surface area contributed by atoms with Gasteiger partial charge in [0.2, 0.25) is 0 Å². The van der Waals surface area contributed by atoms with Crippen molar-refractivity contribution in [3.63, 3.8) is 0 Å². The van der Waals surface area contributed by atoms with Crippen LogP contribution in [0.3, 0.4) is 0 Å². The van der Waals surface area contributed by atoms with Gasteiger partial charge in [0.15, 0.2) is 0 Å². The Bertz CT molecular complexity index is 496. The molecule has 0 aliphatic rings. The number of carbonyl (C=O) groups is 1. The van der Waals surface area contributed by atoms with Gasteiger partial charge in [-0.25, -0.2) is 4.79 Å². The lowest BCUT2D eigenvalue weighted by atomic mass is 10.2. The van der Waals surface area contributed by atoms with Crippen LogP contribution in [0.2, 0.25) is 5.02 Å². The summed E-state index contributed by atoms with van der Waals surface area (Å²) < 4.78 is 23.0. The molecule has 0 aliphatic heterocycles. The van der Waals surface area contributed by atoms with Crippen molar-refractivity contribution in [2.75, 3.05) is 5.32 Å². The SMILES string of the molecule is Cc1cccc(Cl)c1NC(=O)N=S(=O)=O. The number of carbonyl (C=O) groups excluding carboxylic acids is 1. The molecule has 0 radical (unpaired) electrons. The lowest BCUT2D eigenvalue weighted by Gasteiger charge is -2.06. The number of anilines is 1. The first-order valence-corrected chi connectivity index (χ1v) is 5.29. The number of aryl methyl sites for hydroxylation is 1. The average molecular weight is 247 g/mol. The normalized spacial score (nSPS) is 9.47. The van der Waals surface area contributed by atoms with Crippen LogP contribution in [0.25, 0.3) is 0 Å². The molecule has 0 atom stereocenters. The summed E-state index contributed by atoms with van der Waals surface area (Å²) in [5.41, 5.74) is 1.08. The van der Waals surface area contributed by atoms with Crippen LogP contribution in [-0.4, -0.2) is 14.4 Å². The number of nitrogens with one attached hydrogen (secondary N) is 1. The van der Waals surface area contributed by atoms with Gasteiger partial charge in [0.05, 0.1) is 10.7 Å². The number of hydrogen-bond acceptors (Lipinski definition) is 3. The summed E-state index contributed by atoms with van der Waals surface area (Å²) in [6.45, 7) is 1.73. The molecule has 1 rings (SSSR count). The molecular formula is C8H7ClN2O3S. The Morgan fingerprint density at radius 2 is 2.13 bits per heavy atom. The Hall–Kier alpha value is -1.40. The number of rotatable bonds is 1. The number of halogens is 1. The highest BCUT2D eigenvalue weighted by Gasteiger charge is 2.07. The van der Waals surface area contributed by atoms with Crippen LogP contribution in [-0.2, 0) is 10.5 Å². The molecule has 1 aromatic carbocycles. The first-order valence-electron chi connectivity index (χ1n) is 3.88. The first kappa shape index (κ1) is 11.7. The van der Waals surface area contributed by atoms with Gasteiger partial charge in [0, 0.05) is 0 Å². The molecule has 0 bridgehead atoms. The molecule has 0 saturated carbocycles. The average Bonchev–Trinajstić information content (AvgIpc) is 2.10. The summed E-state index contributed by atoms with van der Waals surface area (Å²) in [6.07, 6.45) is 0. The minimum Gasteiger partial charge on any atom is -0.304 e. The van der Waals surface area contributed by atoms with Crippen LogP contribution in [0.1, 0.15) is 5.56 Å². The van der Waals surface area contributed by atoms with Crippen molar-refractivity contribution in [2.24, 2.45) is 4.36 Å². The standard InChI is InChI=1S/C8H7ClN2O3S/c1-5-3-2-4-6(9)7(5)10-8(12)11-15(13)14/h2-4H,1H3,(H,10,12). The van der Waals surface area contributed by atoms with Crippen LogP contribution in [0.4, 0.5) is 10.5 Å². The van der Waals surface area contributed by atoms with Crippen LogP contribution in [0, 0.1) is 6.92 Å². The molecule has 1 N–H and O–H groups in total. The number of urea groups is 1. The third-order valence-electron chi connectivity index (χ3n) is 1.61. The van der Waals surface area contributed by atoms with E-state index in [1.165, 1.54) is 0 Å². The van der Waals surface area contributed by atoms with Gasteiger partial charge >= 0.3 is 16.5 Å². The summed E-state index contributed by atoms with van der Waals surface area (Å²) >= 11 is 5.80. The first-order chi connectivity index (χ1) is 7.00. The number of amides is 2. The second kappa shape index (κ2) is 4.90. The van der Waals surface area contributed by atoms with Crippen molar-refractivity contribution in [3.8, 4) is 0 Å². The monoisotopic (exact) mass is 246 g/mol. The molecule has 0 heterocycles. The largest absolute Gasteiger partial charge is 0.360 e. The van der Waals surface area contributed by atoms with E-state index in [0.29, 0.717) is 10.7 Å². The molecule has 0 aromatic heterocycles. The molecule has 0 aliphatic carbocycles. The molecule has 1 aromatic rings. The fraction of sp³-hybridized carbons (Fsp3) is 0.125. The predicted octanol–water partition coefficient (Wildman–Crippen LogP) is 2.24. The minimum absolute atomic E-state index is 0.329. The van der Waals surface area contributed by atoms with E-state index in [-0.39, 0.29) is 0 Å². The predicted molar refractivity (Wildman–Crippen MR) is 56.6 cm³/mol. The van der Waals surface area contributed by atoms with Gasteiger partial charge in [-0.15, -0.1) is 0 Å². The van der Waals surface area contributed by atoms with Crippen molar-refractivity contribution in [1.82, 2.24) is 0 Å². The van der Waals surface area contributed by atoms with Crippen LogP contribution in [0.15, 0.2) is 22.6 Å². The quantitative estimate of drug-likeness (QED) is 0.826. The highest BCUT2D eigenvalue weighted by molar-refractivity contribution is 7.62. The summed E-state index contributed by atoms with van der Waals surface area (Å²) in [7, 11) is -2.76. The lowest BCUT2D eigenvalue weighted by Crippen LogP contribution is -2.07. The number of benzene rings is 1. The zero-order valence-corrected chi connectivity index (χ0v) is 9.26. The molecule has 0 spiro atoms. The lowest BCUT2D eigenvalue weighted by molar-refractivity contribution is 0.260. The fourth-order valence-corrected chi connectivity index (χ4v) is 1.44. The molecule has 0 unspecified atom stereocenters. The van der Waals surface area contributed by atoms with E-state index in [2.05, 4.69) is 9.68 Å². The third-order valence-corrected chi connectivity index (χ3v) is 2.24. The van der Waals surface area contributed by atoms with Gasteiger partial charge in [0.1, 0.15) is 0 Å². The fourth-order valence-electron chi connectivity index (χ4n) is 0.988. The Labute approximate surface area is 92.8 Å². The van der Waals surface area contributed by atoms with E-state index < -0.39 is 16.5 Å². The molecule has 15 heavy (non-hydrogen) atoms. The Kier molecular flexibility index (Phi) is 3.81. The molecule has 7 heteroatoms. The maximum Gasteiger partial charge on any atom is 0.360 e. The topological polar surface area (TPSA) is 75.6 Å². The van der Waals surface area contributed by atoms with E-state index in [1.54, 1.807) is 25.1 Å². The van der Waals surface area contributed by atoms with Crippen molar-refractivity contribution < 1.29 is 13.2 Å². The zero-order valence-electron chi connectivity index (χ0n) is 7.69. The molecule has 5 nitrogen and oxygen atoms in total. The van der Waals surface area contributed by atoms with Crippen molar-refractivity contribution in [1.29, 1.82) is 0 Å². The van der Waals surface area contributed by atoms with Crippen LogP contribution >= 0.6 is 11.6 Å². The number of para-hydroxylation sites is 1. The second-order valence-electron chi connectivity index (χ2n) is 2.67. The maximum absolute atomic E-state index is 11.0. The smallest absolute Gasteiger partial charge is 0.304 e. The third kappa shape index (κ3) is 3.34. The second-order valence-corrected chi connectivity index (χ2v) is 3.69. The van der Waals surface area contributed by atoms with Crippen LogP contribution < -0.4 is 5.32 Å². The highest BCUT2D eigenvalue weighted by Crippen LogP contribution is 2.25. The summed E-state index contributed by atoms with van der Waals surface area (Å²) in [5, 5.41) is 2.61. The summed E-state index contributed by atoms with van der Waals surface area (Å²) in [4.78, 5) is 11.0. The van der Waals surface area contributed by atoms with Crippen molar-refractivity contribution in [3.05, 3.63) is 28.8 Å². The number of nitrogens with zero attached hydrogens (tertiary/aromatic N) is 1. The summed E-state index contributed by atoms with van der Waals surface area (Å²) in [5.74, 6) is 0. The number of hydrogen-bond donors (Lipinski definition) is 1. The van der Waals surface area contributed by atoms with E-state index in [9.17, 15) is 13.2 Å². The zero-order chi connectivity index (χ0) is 11.4. The van der Waals surface area contributed by atoms with E-state index in [4.69, 9.17) is 11.6 Å². The minimum atomic E-state index is -2.76. The Balaban J connectivity index is 3.00. The van der Waals surface area contributed by atoms with E-state index in [0.717, 1.165) is 5.56 Å². The van der Waals surface area contributed by atoms with Gasteiger partial charge in [0.25, 0.3) is 0 Å². The van der Waals surface area contributed by atoms with Gasteiger partial charge in [-0.1, -0.05) is 28.1 Å². The Morgan fingerprint density at radius 1 is 1.47 bits per heavy atom. The van der Waals surface area contributed by atoms with Gasteiger partial charge in [-0.05, 0) is 18.6 Å². The molecular weight excluding hydrogens is 240 g/mol. The maximum atomic E-state index is 11.0. The van der Waals surface area contributed by atoms with Gasteiger partial charge in [-0.3, -0.25) is 0 Å². The summed E-state index contributed by atoms with van der Waals surface area (Å²) in [6, 6.07) is 4.06. The Morgan fingerprint density at radius 3 is 2.67 bits per heavy atom. The van der Waals surface area contributed by atoms with E-state index >= 15 is 0 Å². The van der Waals surface area contributed by atoms with Crippen LogP contribution in [0.5, 0.6) is 0 Å².